The molecule has 18 heavy (non-hydrogen) atoms. The molecule has 0 aromatic heterocycles. The number of sulfonamides is 1. The van der Waals surface area contributed by atoms with E-state index in [9.17, 15) is 13.2 Å². The van der Waals surface area contributed by atoms with Gasteiger partial charge in [-0.3, -0.25) is 4.79 Å². The molecule has 0 fully saturated rings. The SMILES string of the molecule is Cc1ccc(Br)cc1S(=O)(=O)NCCCC(=O)O. The van der Waals surface area contributed by atoms with E-state index in [4.69, 9.17) is 5.11 Å². The van der Waals surface area contributed by atoms with Crippen molar-refractivity contribution >= 4 is 31.9 Å². The van der Waals surface area contributed by atoms with Crippen LogP contribution in [0.5, 0.6) is 0 Å². The van der Waals surface area contributed by atoms with Gasteiger partial charge in [0.2, 0.25) is 10.0 Å². The van der Waals surface area contributed by atoms with Crippen LogP contribution in [0.1, 0.15) is 18.4 Å². The molecule has 0 aliphatic carbocycles. The van der Waals surface area contributed by atoms with Crippen LogP contribution in [0.25, 0.3) is 0 Å². The summed E-state index contributed by atoms with van der Waals surface area (Å²) in [5.41, 5.74) is 0.643. The summed E-state index contributed by atoms with van der Waals surface area (Å²) < 4.78 is 27.0. The molecule has 0 aliphatic heterocycles. The van der Waals surface area contributed by atoms with E-state index in [1.165, 1.54) is 6.07 Å². The van der Waals surface area contributed by atoms with Crippen molar-refractivity contribution in [2.75, 3.05) is 6.54 Å². The minimum Gasteiger partial charge on any atom is -0.481 e. The Bertz CT molecular complexity index is 542. The van der Waals surface area contributed by atoms with E-state index in [-0.39, 0.29) is 24.3 Å². The van der Waals surface area contributed by atoms with Crippen LogP contribution >= 0.6 is 15.9 Å². The molecule has 0 saturated carbocycles. The predicted octanol–water partition coefficient (Wildman–Crippen LogP) is 1.90. The smallest absolute Gasteiger partial charge is 0.303 e. The standard InChI is InChI=1S/C11H14BrNO4S/c1-8-4-5-9(12)7-10(8)18(16,17)13-6-2-3-11(14)15/h4-5,7,13H,2-3,6H2,1H3,(H,14,15). The maximum atomic E-state index is 12.0. The number of carboxylic acids is 1. The second kappa shape index (κ2) is 6.31. The average molecular weight is 336 g/mol. The monoisotopic (exact) mass is 335 g/mol. The first-order chi connectivity index (χ1) is 8.33. The summed E-state index contributed by atoms with van der Waals surface area (Å²) in [6.07, 6.45) is 0.210. The molecule has 100 valence electrons. The minimum atomic E-state index is -3.58. The van der Waals surface area contributed by atoms with Crippen LogP contribution in [0.4, 0.5) is 0 Å². The maximum Gasteiger partial charge on any atom is 0.303 e. The lowest BCUT2D eigenvalue weighted by Crippen LogP contribution is -2.25. The molecule has 0 heterocycles. The largest absolute Gasteiger partial charge is 0.481 e. The van der Waals surface area contributed by atoms with Gasteiger partial charge in [-0.25, -0.2) is 13.1 Å². The first-order valence-corrected chi connectivity index (χ1v) is 7.58. The van der Waals surface area contributed by atoms with Crippen LogP contribution in [-0.4, -0.2) is 26.0 Å². The number of carbonyl (C=O) groups is 1. The Morgan fingerprint density at radius 3 is 2.72 bits per heavy atom. The van der Waals surface area contributed by atoms with Crippen LogP contribution in [0.3, 0.4) is 0 Å². The Hall–Kier alpha value is -0.920. The second-order valence-electron chi connectivity index (χ2n) is 3.80. The third kappa shape index (κ3) is 4.40. The topological polar surface area (TPSA) is 83.5 Å². The molecule has 1 aromatic carbocycles. The van der Waals surface area contributed by atoms with Crippen molar-refractivity contribution in [3.63, 3.8) is 0 Å². The number of benzene rings is 1. The van der Waals surface area contributed by atoms with E-state index in [0.717, 1.165) is 0 Å². The van der Waals surface area contributed by atoms with Crippen molar-refractivity contribution < 1.29 is 18.3 Å². The molecular formula is C11H14BrNO4S. The molecule has 2 N–H and O–H groups in total. The zero-order valence-electron chi connectivity index (χ0n) is 9.81. The molecule has 0 saturated heterocycles. The third-order valence-corrected chi connectivity index (χ3v) is 4.40. The Morgan fingerprint density at radius 2 is 2.11 bits per heavy atom. The van der Waals surface area contributed by atoms with Gasteiger partial charge in [0.15, 0.2) is 0 Å². The molecule has 5 nitrogen and oxygen atoms in total. The zero-order valence-corrected chi connectivity index (χ0v) is 12.2. The van der Waals surface area contributed by atoms with E-state index < -0.39 is 16.0 Å². The summed E-state index contributed by atoms with van der Waals surface area (Å²) in [7, 11) is -3.58. The highest BCUT2D eigenvalue weighted by atomic mass is 79.9. The molecule has 0 bridgehead atoms. The molecule has 7 heteroatoms. The lowest BCUT2D eigenvalue weighted by atomic mass is 10.2. The minimum absolute atomic E-state index is 0.0556. The third-order valence-electron chi connectivity index (χ3n) is 2.30. The normalized spacial score (nSPS) is 11.4. The molecule has 0 radical (unpaired) electrons. The van der Waals surface area contributed by atoms with E-state index in [0.29, 0.717) is 10.0 Å². The zero-order chi connectivity index (χ0) is 13.8. The molecule has 0 unspecified atom stereocenters. The van der Waals surface area contributed by atoms with Crippen molar-refractivity contribution in [1.29, 1.82) is 0 Å². The number of rotatable bonds is 6. The van der Waals surface area contributed by atoms with Crippen LogP contribution in [0, 0.1) is 6.92 Å². The van der Waals surface area contributed by atoms with Gasteiger partial charge in [0.05, 0.1) is 4.90 Å². The summed E-state index contributed by atoms with van der Waals surface area (Å²) in [4.78, 5) is 10.5. The van der Waals surface area contributed by atoms with Crippen molar-refractivity contribution in [1.82, 2.24) is 4.72 Å². The fourth-order valence-electron chi connectivity index (χ4n) is 1.39. The van der Waals surface area contributed by atoms with Gasteiger partial charge in [0, 0.05) is 17.4 Å². The molecule has 0 atom stereocenters. The van der Waals surface area contributed by atoms with Crippen molar-refractivity contribution in [2.24, 2.45) is 0 Å². The van der Waals surface area contributed by atoms with E-state index in [1.54, 1.807) is 19.1 Å². The molecular weight excluding hydrogens is 322 g/mol. The Kier molecular flexibility index (Phi) is 5.30. The molecule has 0 spiro atoms. The molecule has 0 amide bonds. The van der Waals surface area contributed by atoms with Gasteiger partial charge < -0.3 is 5.11 Å². The summed E-state index contributed by atoms with van der Waals surface area (Å²) in [5, 5.41) is 8.46. The van der Waals surface area contributed by atoms with Gasteiger partial charge in [-0.2, -0.15) is 0 Å². The Labute approximate surface area is 114 Å². The highest BCUT2D eigenvalue weighted by molar-refractivity contribution is 9.10. The van der Waals surface area contributed by atoms with Crippen molar-refractivity contribution in [3.8, 4) is 0 Å². The summed E-state index contributed by atoms with van der Waals surface area (Å²) in [6, 6.07) is 4.99. The predicted molar refractivity (Wildman–Crippen MR) is 70.9 cm³/mol. The van der Waals surface area contributed by atoms with Gasteiger partial charge in [-0.15, -0.1) is 0 Å². The van der Waals surface area contributed by atoms with E-state index >= 15 is 0 Å². The number of aliphatic carboxylic acids is 1. The van der Waals surface area contributed by atoms with Gasteiger partial charge in [0.1, 0.15) is 0 Å². The Balaban J connectivity index is 2.74. The number of aryl methyl sites for hydroxylation is 1. The van der Waals surface area contributed by atoms with Crippen LogP contribution in [0.15, 0.2) is 27.6 Å². The fraction of sp³-hybridized carbons (Fsp3) is 0.364. The fourth-order valence-corrected chi connectivity index (χ4v) is 3.24. The Morgan fingerprint density at radius 1 is 1.44 bits per heavy atom. The van der Waals surface area contributed by atoms with Gasteiger partial charge in [-0.05, 0) is 31.0 Å². The highest BCUT2D eigenvalue weighted by Gasteiger charge is 2.16. The van der Waals surface area contributed by atoms with Crippen LogP contribution in [-0.2, 0) is 14.8 Å². The van der Waals surface area contributed by atoms with Gasteiger partial charge >= 0.3 is 5.97 Å². The first kappa shape index (κ1) is 15.1. The van der Waals surface area contributed by atoms with Gasteiger partial charge in [0.25, 0.3) is 0 Å². The average Bonchev–Trinajstić information content (AvgIpc) is 2.27. The van der Waals surface area contributed by atoms with Crippen molar-refractivity contribution in [3.05, 3.63) is 28.2 Å². The maximum absolute atomic E-state index is 12.0. The summed E-state index contributed by atoms with van der Waals surface area (Å²) in [5.74, 6) is -0.937. The molecule has 1 rings (SSSR count). The number of hydrogen-bond donors (Lipinski definition) is 2. The molecule has 1 aromatic rings. The summed E-state index contributed by atoms with van der Waals surface area (Å²) in [6.45, 7) is 1.82. The first-order valence-electron chi connectivity index (χ1n) is 5.30. The van der Waals surface area contributed by atoms with Crippen LogP contribution in [0.2, 0.25) is 0 Å². The highest BCUT2D eigenvalue weighted by Crippen LogP contribution is 2.20. The van der Waals surface area contributed by atoms with Crippen LogP contribution < -0.4 is 4.72 Å². The number of nitrogens with one attached hydrogen (secondary N) is 1. The lowest BCUT2D eigenvalue weighted by molar-refractivity contribution is -0.137. The number of halogens is 1. The summed E-state index contributed by atoms with van der Waals surface area (Å²) >= 11 is 3.22. The quantitative estimate of drug-likeness (QED) is 0.777. The number of carboxylic acid groups (broad SMARTS) is 1. The molecule has 0 aliphatic rings. The van der Waals surface area contributed by atoms with Gasteiger partial charge in [-0.1, -0.05) is 22.0 Å². The second-order valence-corrected chi connectivity index (χ2v) is 6.46. The van der Waals surface area contributed by atoms with E-state index in [2.05, 4.69) is 20.7 Å². The van der Waals surface area contributed by atoms with Crippen molar-refractivity contribution in [2.45, 2.75) is 24.7 Å². The lowest BCUT2D eigenvalue weighted by Gasteiger charge is -2.09. The van der Waals surface area contributed by atoms with E-state index in [1.807, 2.05) is 0 Å². The number of hydrogen-bond acceptors (Lipinski definition) is 3.